The van der Waals surface area contributed by atoms with E-state index in [-0.39, 0.29) is 30.7 Å². The third kappa shape index (κ3) is 6.21. The smallest absolute Gasteiger partial charge is 0.261 e. The predicted molar refractivity (Wildman–Crippen MR) is 108 cm³/mol. The second-order valence-electron chi connectivity index (χ2n) is 6.38. The molecular formula is C20H25N3O3S. The van der Waals surface area contributed by atoms with Gasteiger partial charge in [0.15, 0.2) is 0 Å². The first-order chi connectivity index (χ1) is 12.9. The first kappa shape index (κ1) is 20.6. The molecular weight excluding hydrogens is 362 g/mol. The van der Waals surface area contributed by atoms with Crippen LogP contribution in [0.5, 0.6) is 0 Å². The summed E-state index contributed by atoms with van der Waals surface area (Å²) >= 11 is 1.38. The van der Waals surface area contributed by atoms with E-state index in [1.165, 1.54) is 16.2 Å². The number of carbonyl (C=O) groups excluding carboxylic acids is 3. The molecule has 0 saturated carbocycles. The maximum absolute atomic E-state index is 12.2. The van der Waals surface area contributed by atoms with E-state index in [1.807, 2.05) is 43.5 Å². The number of likely N-dealkylation sites (N-methyl/N-ethyl adjacent to an activating group) is 1. The molecule has 0 saturated heterocycles. The second-order valence-corrected chi connectivity index (χ2v) is 7.33. The number of nitrogens with zero attached hydrogens (tertiary/aromatic N) is 1. The molecule has 1 aromatic carbocycles. The summed E-state index contributed by atoms with van der Waals surface area (Å²) in [6, 6.07) is 9.29. The highest BCUT2D eigenvalue weighted by atomic mass is 32.1. The molecule has 0 aliphatic rings. The summed E-state index contributed by atoms with van der Waals surface area (Å²) in [7, 11) is 1.61. The molecule has 0 radical (unpaired) electrons. The molecule has 2 aromatic rings. The summed E-state index contributed by atoms with van der Waals surface area (Å²) in [6.45, 7) is 4.35. The Hall–Kier alpha value is -2.67. The van der Waals surface area contributed by atoms with Crippen LogP contribution in [-0.2, 0) is 9.59 Å². The van der Waals surface area contributed by atoms with Gasteiger partial charge < -0.3 is 15.5 Å². The van der Waals surface area contributed by atoms with Crippen molar-refractivity contribution in [2.24, 2.45) is 0 Å². The Morgan fingerprint density at radius 1 is 1.11 bits per heavy atom. The number of thiophene rings is 1. The average Bonchev–Trinajstić information content (AvgIpc) is 3.17. The van der Waals surface area contributed by atoms with Gasteiger partial charge in [0, 0.05) is 25.7 Å². The lowest BCUT2D eigenvalue weighted by Gasteiger charge is -2.18. The molecule has 144 valence electrons. The van der Waals surface area contributed by atoms with Gasteiger partial charge in [0.25, 0.3) is 5.91 Å². The number of hydrogen-bond acceptors (Lipinski definition) is 4. The molecule has 0 spiro atoms. The fourth-order valence-electron chi connectivity index (χ4n) is 2.51. The molecule has 0 unspecified atom stereocenters. The fourth-order valence-corrected chi connectivity index (χ4v) is 3.15. The minimum atomic E-state index is -0.231. The number of benzene rings is 1. The normalized spacial score (nSPS) is 10.3. The third-order valence-corrected chi connectivity index (χ3v) is 5.15. The topological polar surface area (TPSA) is 78.5 Å². The lowest BCUT2D eigenvalue weighted by atomic mass is 10.1. The van der Waals surface area contributed by atoms with E-state index >= 15 is 0 Å². The summed E-state index contributed by atoms with van der Waals surface area (Å²) < 4.78 is 0. The van der Waals surface area contributed by atoms with Crippen LogP contribution in [0.15, 0.2) is 35.7 Å². The van der Waals surface area contributed by atoms with E-state index < -0.39 is 0 Å². The van der Waals surface area contributed by atoms with Crippen molar-refractivity contribution in [3.63, 3.8) is 0 Å². The Bertz CT molecular complexity index is 803. The van der Waals surface area contributed by atoms with Gasteiger partial charge in [0.05, 0.1) is 11.4 Å². The summed E-state index contributed by atoms with van der Waals surface area (Å²) in [6.07, 6.45) is 0.802. The number of nitrogens with one attached hydrogen (secondary N) is 2. The van der Waals surface area contributed by atoms with E-state index in [1.54, 1.807) is 13.1 Å². The summed E-state index contributed by atoms with van der Waals surface area (Å²) in [5.41, 5.74) is 2.88. The largest absolute Gasteiger partial charge is 0.351 e. The zero-order valence-electron chi connectivity index (χ0n) is 15.9. The maximum Gasteiger partial charge on any atom is 0.261 e. The molecule has 0 aliphatic heterocycles. The van der Waals surface area contributed by atoms with Crippen LogP contribution in [-0.4, -0.2) is 42.8 Å². The van der Waals surface area contributed by atoms with Crippen molar-refractivity contribution in [3.8, 4) is 0 Å². The summed E-state index contributed by atoms with van der Waals surface area (Å²) in [5, 5.41) is 7.48. The van der Waals surface area contributed by atoms with Crippen LogP contribution in [0.1, 0.15) is 33.6 Å². The van der Waals surface area contributed by atoms with Gasteiger partial charge in [-0.15, -0.1) is 11.3 Å². The maximum atomic E-state index is 12.2. The molecule has 27 heavy (non-hydrogen) atoms. The standard InChI is InChI=1S/C20H25N3O3S/c1-14-7-4-8-16(15(14)2)22-18(24)13-23(3)19(25)10-5-11-21-20(26)17-9-6-12-27-17/h4,6-9,12H,5,10-11,13H2,1-3H3,(H,21,26)(H,22,24). The van der Waals surface area contributed by atoms with Crippen molar-refractivity contribution in [1.29, 1.82) is 0 Å². The van der Waals surface area contributed by atoms with E-state index in [0.29, 0.717) is 17.8 Å². The number of hydrogen-bond donors (Lipinski definition) is 2. The molecule has 0 atom stereocenters. The molecule has 2 rings (SSSR count). The van der Waals surface area contributed by atoms with Gasteiger partial charge in [0.2, 0.25) is 11.8 Å². The number of anilines is 1. The van der Waals surface area contributed by atoms with E-state index in [0.717, 1.165) is 16.8 Å². The van der Waals surface area contributed by atoms with E-state index in [9.17, 15) is 14.4 Å². The van der Waals surface area contributed by atoms with Crippen LogP contribution >= 0.6 is 11.3 Å². The Kier molecular flexibility index (Phi) is 7.55. The minimum Gasteiger partial charge on any atom is -0.351 e. The van der Waals surface area contributed by atoms with E-state index in [4.69, 9.17) is 0 Å². The monoisotopic (exact) mass is 387 g/mol. The minimum absolute atomic E-state index is 0.00618. The molecule has 7 heteroatoms. The Morgan fingerprint density at radius 3 is 2.59 bits per heavy atom. The zero-order valence-corrected chi connectivity index (χ0v) is 16.7. The quantitative estimate of drug-likeness (QED) is 0.684. The van der Waals surface area contributed by atoms with Gasteiger partial charge in [-0.05, 0) is 48.9 Å². The summed E-state index contributed by atoms with van der Waals surface area (Å²) in [4.78, 5) is 38.2. The SMILES string of the molecule is Cc1cccc(NC(=O)CN(C)C(=O)CCCNC(=O)c2cccs2)c1C. The van der Waals surface area contributed by atoms with Crippen molar-refractivity contribution in [3.05, 3.63) is 51.7 Å². The van der Waals surface area contributed by atoms with Crippen LogP contribution in [0.4, 0.5) is 5.69 Å². The molecule has 1 aromatic heterocycles. The fraction of sp³-hybridized carbons (Fsp3) is 0.350. The highest BCUT2D eigenvalue weighted by Gasteiger charge is 2.14. The van der Waals surface area contributed by atoms with Crippen LogP contribution in [0.25, 0.3) is 0 Å². The van der Waals surface area contributed by atoms with Gasteiger partial charge in [-0.25, -0.2) is 0 Å². The molecule has 0 fully saturated rings. The number of amides is 3. The highest BCUT2D eigenvalue weighted by Crippen LogP contribution is 2.17. The molecule has 3 amide bonds. The predicted octanol–water partition coefficient (Wildman–Crippen LogP) is 2.97. The van der Waals surface area contributed by atoms with Crippen molar-refractivity contribution in [1.82, 2.24) is 10.2 Å². The summed E-state index contributed by atoms with van der Waals surface area (Å²) in [5.74, 6) is -0.485. The van der Waals surface area contributed by atoms with Gasteiger partial charge in [-0.1, -0.05) is 18.2 Å². The van der Waals surface area contributed by atoms with Crippen molar-refractivity contribution in [2.45, 2.75) is 26.7 Å². The van der Waals surface area contributed by atoms with Gasteiger partial charge >= 0.3 is 0 Å². The first-order valence-electron chi connectivity index (χ1n) is 8.80. The van der Waals surface area contributed by atoms with Gasteiger partial charge in [-0.2, -0.15) is 0 Å². The van der Waals surface area contributed by atoms with Gasteiger partial charge in [-0.3, -0.25) is 14.4 Å². The molecule has 2 N–H and O–H groups in total. The number of aryl methyl sites for hydroxylation is 1. The van der Waals surface area contributed by atoms with Crippen molar-refractivity contribution < 1.29 is 14.4 Å². The Balaban J connectivity index is 1.70. The van der Waals surface area contributed by atoms with Crippen molar-refractivity contribution >= 4 is 34.7 Å². The highest BCUT2D eigenvalue weighted by molar-refractivity contribution is 7.12. The average molecular weight is 388 g/mol. The van der Waals surface area contributed by atoms with Crippen LogP contribution in [0.3, 0.4) is 0 Å². The third-order valence-electron chi connectivity index (χ3n) is 4.28. The number of carbonyl (C=O) groups is 3. The lowest BCUT2D eigenvalue weighted by molar-refractivity contribution is -0.133. The lowest BCUT2D eigenvalue weighted by Crippen LogP contribution is -2.35. The van der Waals surface area contributed by atoms with Crippen LogP contribution < -0.4 is 10.6 Å². The molecule has 0 bridgehead atoms. The molecule has 1 heterocycles. The van der Waals surface area contributed by atoms with Crippen molar-refractivity contribution in [2.75, 3.05) is 25.5 Å². The van der Waals surface area contributed by atoms with Crippen LogP contribution in [0.2, 0.25) is 0 Å². The second kappa shape index (κ2) is 9.87. The van der Waals surface area contributed by atoms with Crippen LogP contribution in [0, 0.1) is 13.8 Å². The Morgan fingerprint density at radius 2 is 1.89 bits per heavy atom. The first-order valence-corrected chi connectivity index (χ1v) is 9.68. The zero-order chi connectivity index (χ0) is 19.8. The molecule has 0 aliphatic carbocycles. The van der Waals surface area contributed by atoms with E-state index in [2.05, 4.69) is 10.6 Å². The molecule has 6 nitrogen and oxygen atoms in total. The van der Waals surface area contributed by atoms with Gasteiger partial charge in [0.1, 0.15) is 0 Å². The number of rotatable bonds is 8. The Labute approximate surface area is 163 Å².